The Morgan fingerprint density at radius 2 is 1.88 bits per heavy atom. The van der Waals surface area contributed by atoms with Gasteiger partial charge in [-0.05, 0) is 31.4 Å². The Bertz CT molecular complexity index is 393. The lowest BCUT2D eigenvalue weighted by Gasteiger charge is -2.09. The standard InChI is InChI=1S/C14H16O2/c15-13-9-4-2-1-3-7-11-16-14-10-6-5-8-12(13)14/h1,3,5-6,8,10H,2,4,7,9,11H2/b3-1-. The van der Waals surface area contributed by atoms with Crippen molar-refractivity contribution in [1.82, 2.24) is 0 Å². The third kappa shape index (κ3) is 2.72. The molecule has 0 fully saturated rings. The minimum absolute atomic E-state index is 0.186. The molecule has 0 saturated carbocycles. The van der Waals surface area contributed by atoms with Crippen LogP contribution < -0.4 is 4.74 Å². The maximum absolute atomic E-state index is 11.9. The highest BCUT2D eigenvalue weighted by atomic mass is 16.5. The molecule has 2 rings (SSSR count). The number of allylic oxidation sites excluding steroid dienone is 1. The molecule has 0 saturated heterocycles. The summed E-state index contributed by atoms with van der Waals surface area (Å²) in [5, 5.41) is 0. The van der Waals surface area contributed by atoms with Gasteiger partial charge in [-0.2, -0.15) is 0 Å². The number of benzene rings is 1. The molecule has 1 heterocycles. The Morgan fingerprint density at radius 3 is 2.81 bits per heavy atom. The summed E-state index contributed by atoms with van der Waals surface area (Å²) in [6.45, 7) is 0.640. The normalized spacial score (nSPS) is 19.1. The number of carbonyl (C=O) groups is 1. The molecule has 0 bridgehead atoms. The fraction of sp³-hybridized carbons (Fsp3) is 0.357. The fourth-order valence-electron chi connectivity index (χ4n) is 1.81. The zero-order valence-electron chi connectivity index (χ0n) is 9.32. The van der Waals surface area contributed by atoms with Crippen LogP contribution in [-0.4, -0.2) is 12.4 Å². The second kappa shape index (κ2) is 5.50. The number of Topliss-reactive ketones (excluding diaryl/α,β-unsaturated/α-hetero) is 1. The molecule has 0 N–H and O–H groups in total. The van der Waals surface area contributed by atoms with E-state index >= 15 is 0 Å². The number of fused-ring (bicyclic) bond motifs is 1. The van der Waals surface area contributed by atoms with Gasteiger partial charge >= 0.3 is 0 Å². The number of ketones is 1. The lowest BCUT2D eigenvalue weighted by molar-refractivity contribution is 0.0976. The number of rotatable bonds is 0. The van der Waals surface area contributed by atoms with Crippen molar-refractivity contribution in [3.8, 4) is 5.75 Å². The Kier molecular flexibility index (Phi) is 3.76. The van der Waals surface area contributed by atoms with Crippen LogP contribution in [0.3, 0.4) is 0 Å². The molecule has 1 aromatic carbocycles. The first-order valence-corrected chi connectivity index (χ1v) is 5.78. The predicted octanol–water partition coefficient (Wildman–Crippen LogP) is 3.38. The summed E-state index contributed by atoms with van der Waals surface area (Å²) in [4.78, 5) is 11.9. The van der Waals surface area contributed by atoms with Crippen LogP contribution in [0, 0.1) is 0 Å². The monoisotopic (exact) mass is 216 g/mol. The SMILES string of the molecule is O=C1CCC/C=C\CCOc2ccccc21. The van der Waals surface area contributed by atoms with Gasteiger partial charge in [0.2, 0.25) is 0 Å². The number of hydrogen-bond acceptors (Lipinski definition) is 2. The topological polar surface area (TPSA) is 26.3 Å². The molecule has 0 spiro atoms. The number of ether oxygens (including phenoxy) is 1. The van der Waals surface area contributed by atoms with Crippen LogP contribution in [0.1, 0.15) is 36.0 Å². The zero-order valence-corrected chi connectivity index (χ0v) is 9.32. The molecule has 0 atom stereocenters. The smallest absolute Gasteiger partial charge is 0.166 e. The Balaban J connectivity index is 2.22. The first-order chi connectivity index (χ1) is 7.88. The van der Waals surface area contributed by atoms with Crippen LogP contribution >= 0.6 is 0 Å². The van der Waals surface area contributed by atoms with Crippen molar-refractivity contribution in [2.75, 3.05) is 6.61 Å². The Hall–Kier alpha value is -1.57. The van der Waals surface area contributed by atoms with E-state index in [2.05, 4.69) is 12.2 Å². The number of carbonyl (C=O) groups excluding carboxylic acids is 1. The quantitative estimate of drug-likeness (QED) is 0.621. The molecule has 1 aromatic rings. The summed E-state index contributed by atoms with van der Waals surface area (Å²) in [6.07, 6.45) is 7.66. The second-order valence-electron chi connectivity index (χ2n) is 3.92. The van der Waals surface area contributed by atoms with E-state index in [1.807, 2.05) is 24.3 Å². The van der Waals surface area contributed by atoms with Crippen molar-refractivity contribution in [2.24, 2.45) is 0 Å². The van der Waals surface area contributed by atoms with E-state index < -0.39 is 0 Å². The Morgan fingerprint density at radius 1 is 1.06 bits per heavy atom. The van der Waals surface area contributed by atoms with Crippen LogP contribution in [0.5, 0.6) is 5.75 Å². The first-order valence-electron chi connectivity index (χ1n) is 5.78. The molecular formula is C14H16O2. The average molecular weight is 216 g/mol. The van der Waals surface area contributed by atoms with Crippen molar-refractivity contribution < 1.29 is 9.53 Å². The number of para-hydroxylation sites is 1. The lowest BCUT2D eigenvalue weighted by Crippen LogP contribution is -2.04. The van der Waals surface area contributed by atoms with Gasteiger partial charge in [0.05, 0.1) is 12.2 Å². The van der Waals surface area contributed by atoms with E-state index in [1.54, 1.807) is 0 Å². The third-order valence-electron chi connectivity index (χ3n) is 2.67. The van der Waals surface area contributed by atoms with E-state index in [9.17, 15) is 4.79 Å². The van der Waals surface area contributed by atoms with Crippen LogP contribution in [0.25, 0.3) is 0 Å². The zero-order chi connectivity index (χ0) is 11.2. The molecule has 0 aliphatic carbocycles. The highest BCUT2D eigenvalue weighted by Crippen LogP contribution is 2.21. The van der Waals surface area contributed by atoms with Gasteiger partial charge in [0, 0.05) is 6.42 Å². The van der Waals surface area contributed by atoms with Crippen LogP contribution in [0.15, 0.2) is 36.4 Å². The van der Waals surface area contributed by atoms with Crippen LogP contribution in [-0.2, 0) is 0 Å². The average Bonchev–Trinajstić information content (AvgIpc) is 2.35. The molecule has 84 valence electrons. The summed E-state index contributed by atoms with van der Waals surface area (Å²) in [5.41, 5.74) is 0.726. The largest absolute Gasteiger partial charge is 0.493 e. The van der Waals surface area contributed by atoms with Crippen molar-refractivity contribution in [1.29, 1.82) is 0 Å². The van der Waals surface area contributed by atoms with Gasteiger partial charge in [-0.15, -0.1) is 0 Å². The van der Waals surface area contributed by atoms with E-state index in [4.69, 9.17) is 4.74 Å². The van der Waals surface area contributed by atoms with Crippen LogP contribution in [0.2, 0.25) is 0 Å². The van der Waals surface area contributed by atoms with Crippen molar-refractivity contribution in [3.63, 3.8) is 0 Å². The molecule has 0 unspecified atom stereocenters. The highest BCUT2D eigenvalue weighted by Gasteiger charge is 2.11. The maximum Gasteiger partial charge on any atom is 0.166 e. The first kappa shape index (κ1) is 10.9. The van der Waals surface area contributed by atoms with E-state index in [1.165, 1.54) is 0 Å². The van der Waals surface area contributed by atoms with Gasteiger partial charge in [-0.1, -0.05) is 24.3 Å². The summed E-state index contributed by atoms with van der Waals surface area (Å²) >= 11 is 0. The van der Waals surface area contributed by atoms with E-state index in [0.29, 0.717) is 13.0 Å². The molecule has 0 amide bonds. The summed E-state index contributed by atoms with van der Waals surface area (Å²) < 4.78 is 5.62. The lowest BCUT2D eigenvalue weighted by atomic mass is 10.0. The van der Waals surface area contributed by atoms with Gasteiger partial charge in [-0.3, -0.25) is 4.79 Å². The molecule has 0 radical (unpaired) electrons. The van der Waals surface area contributed by atoms with Gasteiger partial charge in [0.15, 0.2) is 5.78 Å². The van der Waals surface area contributed by atoms with Crippen molar-refractivity contribution in [3.05, 3.63) is 42.0 Å². The summed E-state index contributed by atoms with van der Waals surface area (Å²) in [5.74, 6) is 0.911. The third-order valence-corrected chi connectivity index (χ3v) is 2.67. The van der Waals surface area contributed by atoms with Gasteiger partial charge < -0.3 is 4.74 Å². The number of hydrogen-bond donors (Lipinski definition) is 0. The van der Waals surface area contributed by atoms with Crippen molar-refractivity contribution in [2.45, 2.75) is 25.7 Å². The minimum atomic E-state index is 0.186. The molecule has 0 aromatic heterocycles. The predicted molar refractivity (Wildman–Crippen MR) is 63.9 cm³/mol. The summed E-state index contributed by atoms with van der Waals surface area (Å²) in [6, 6.07) is 7.51. The fourth-order valence-corrected chi connectivity index (χ4v) is 1.81. The van der Waals surface area contributed by atoms with Gasteiger partial charge in [0.25, 0.3) is 0 Å². The molecule has 1 aliphatic rings. The van der Waals surface area contributed by atoms with E-state index in [-0.39, 0.29) is 5.78 Å². The second-order valence-corrected chi connectivity index (χ2v) is 3.92. The van der Waals surface area contributed by atoms with Crippen LogP contribution in [0.4, 0.5) is 0 Å². The van der Waals surface area contributed by atoms with E-state index in [0.717, 1.165) is 30.6 Å². The highest BCUT2D eigenvalue weighted by molar-refractivity contribution is 5.98. The molecule has 16 heavy (non-hydrogen) atoms. The van der Waals surface area contributed by atoms with Gasteiger partial charge in [-0.25, -0.2) is 0 Å². The molecule has 1 aliphatic heterocycles. The molecule has 2 nitrogen and oxygen atoms in total. The molecular weight excluding hydrogens is 200 g/mol. The summed E-state index contributed by atoms with van der Waals surface area (Å²) in [7, 11) is 0. The van der Waals surface area contributed by atoms with Gasteiger partial charge in [0.1, 0.15) is 5.75 Å². The molecule has 2 heteroatoms. The van der Waals surface area contributed by atoms with Crippen molar-refractivity contribution >= 4 is 5.78 Å². The maximum atomic E-state index is 11.9. The Labute approximate surface area is 95.9 Å². The minimum Gasteiger partial charge on any atom is -0.493 e.